The van der Waals surface area contributed by atoms with Gasteiger partial charge in [0.05, 0.1) is 6.42 Å². The normalized spacial score (nSPS) is 11.8. The van der Waals surface area contributed by atoms with E-state index in [1.807, 2.05) is 13.0 Å². The number of aliphatic imine (C=N–C) groups is 1. The maximum absolute atomic E-state index is 12.0. The molecule has 0 radical (unpaired) electrons. The van der Waals surface area contributed by atoms with Crippen molar-refractivity contribution in [3.05, 3.63) is 29.6 Å². The average molecular weight is 416 g/mol. The number of nitrogens with one attached hydrogen (secondary N) is 2. The topological polar surface area (TPSA) is 49.3 Å². The average Bonchev–Trinajstić information content (AvgIpc) is 2.37. The van der Waals surface area contributed by atoms with E-state index in [4.69, 9.17) is 0 Å². The van der Waals surface area contributed by atoms with Crippen molar-refractivity contribution in [3.8, 4) is 0 Å². The van der Waals surface area contributed by atoms with Crippen LogP contribution in [0.1, 0.15) is 17.5 Å². The zero-order chi connectivity index (χ0) is 15.0. The van der Waals surface area contributed by atoms with Gasteiger partial charge in [0.15, 0.2) is 5.96 Å². The number of pyridine rings is 1. The number of guanidine groups is 1. The van der Waals surface area contributed by atoms with Gasteiger partial charge in [-0.05, 0) is 30.5 Å². The third-order valence-corrected chi connectivity index (χ3v) is 2.75. The fourth-order valence-corrected chi connectivity index (χ4v) is 1.64. The predicted octanol–water partition coefficient (Wildman–Crippen LogP) is 2.67. The summed E-state index contributed by atoms with van der Waals surface area (Å²) < 4.78 is 36.1. The van der Waals surface area contributed by atoms with Crippen LogP contribution in [0.5, 0.6) is 0 Å². The molecule has 1 aromatic rings. The smallest absolute Gasteiger partial charge is 0.356 e. The van der Waals surface area contributed by atoms with E-state index in [0.717, 1.165) is 17.5 Å². The van der Waals surface area contributed by atoms with Crippen molar-refractivity contribution in [3.63, 3.8) is 0 Å². The third kappa shape index (κ3) is 8.74. The summed E-state index contributed by atoms with van der Waals surface area (Å²) in [5.41, 5.74) is 2.24. The van der Waals surface area contributed by atoms with E-state index < -0.39 is 12.6 Å². The lowest BCUT2D eigenvalue weighted by molar-refractivity contribution is -0.132. The van der Waals surface area contributed by atoms with Crippen molar-refractivity contribution in [1.82, 2.24) is 15.6 Å². The largest absolute Gasteiger partial charge is 0.390 e. The molecule has 1 heterocycles. The van der Waals surface area contributed by atoms with E-state index in [-0.39, 0.29) is 30.5 Å². The summed E-state index contributed by atoms with van der Waals surface area (Å²) in [4.78, 5) is 7.88. The molecular formula is C13H20F3IN4. The fourth-order valence-electron chi connectivity index (χ4n) is 1.64. The van der Waals surface area contributed by atoms with Crippen LogP contribution in [0, 0.1) is 6.92 Å². The highest BCUT2D eigenvalue weighted by molar-refractivity contribution is 14.0. The monoisotopic (exact) mass is 416 g/mol. The summed E-state index contributed by atoms with van der Waals surface area (Å²) in [6, 6.07) is 1.93. The van der Waals surface area contributed by atoms with E-state index in [1.54, 1.807) is 12.4 Å². The molecule has 0 aromatic carbocycles. The number of aromatic nitrogens is 1. The van der Waals surface area contributed by atoms with Crippen molar-refractivity contribution in [1.29, 1.82) is 0 Å². The second-order valence-electron chi connectivity index (χ2n) is 4.34. The minimum atomic E-state index is -4.15. The van der Waals surface area contributed by atoms with E-state index in [2.05, 4.69) is 20.6 Å². The van der Waals surface area contributed by atoms with E-state index in [1.165, 1.54) is 7.05 Å². The van der Waals surface area contributed by atoms with Crippen LogP contribution in [0.25, 0.3) is 0 Å². The molecule has 0 aliphatic heterocycles. The highest BCUT2D eigenvalue weighted by atomic mass is 127. The first kappa shape index (κ1) is 19.9. The number of nitrogens with zero attached hydrogens (tertiary/aromatic N) is 2. The summed E-state index contributed by atoms with van der Waals surface area (Å²) in [6.45, 7) is 2.38. The highest BCUT2D eigenvalue weighted by Crippen LogP contribution is 2.17. The molecule has 0 atom stereocenters. The molecule has 0 bridgehead atoms. The number of rotatable bonds is 5. The summed E-state index contributed by atoms with van der Waals surface area (Å²) in [5, 5.41) is 5.62. The first-order chi connectivity index (χ1) is 9.42. The molecule has 21 heavy (non-hydrogen) atoms. The Labute approximate surface area is 139 Å². The highest BCUT2D eigenvalue weighted by Gasteiger charge is 2.26. The first-order valence-corrected chi connectivity index (χ1v) is 6.33. The number of halogens is 4. The minimum Gasteiger partial charge on any atom is -0.356 e. The molecule has 8 heteroatoms. The van der Waals surface area contributed by atoms with Crippen molar-refractivity contribution in [2.75, 3.05) is 20.1 Å². The summed E-state index contributed by atoms with van der Waals surface area (Å²) in [6.07, 6.45) is -0.768. The maximum atomic E-state index is 12.0. The molecule has 0 saturated carbocycles. The number of hydrogen-bond donors (Lipinski definition) is 2. The molecule has 120 valence electrons. The molecular weight excluding hydrogens is 396 g/mol. The molecule has 4 nitrogen and oxygen atoms in total. The quantitative estimate of drug-likeness (QED) is 0.441. The molecule has 0 saturated heterocycles. The molecule has 0 unspecified atom stereocenters. The van der Waals surface area contributed by atoms with Crippen LogP contribution in [0.15, 0.2) is 23.5 Å². The van der Waals surface area contributed by atoms with Gasteiger partial charge in [-0.25, -0.2) is 0 Å². The van der Waals surface area contributed by atoms with E-state index in [0.29, 0.717) is 12.5 Å². The Hall–Kier alpha value is -1.06. The zero-order valence-electron chi connectivity index (χ0n) is 12.0. The lowest BCUT2D eigenvalue weighted by Crippen LogP contribution is -2.39. The molecule has 0 fully saturated rings. The Kier molecular flexibility index (Phi) is 9.31. The Bertz CT molecular complexity index is 449. The minimum absolute atomic E-state index is 0. The van der Waals surface area contributed by atoms with Crippen LogP contribution < -0.4 is 10.6 Å². The van der Waals surface area contributed by atoms with Gasteiger partial charge in [0.25, 0.3) is 0 Å². The SMILES string of the molecule is CN=C(NCCc1ccncc1C)NCCC(F)(F)F.I. The summed E-state index contributed by atoms with van der Waals surface area (Å²) in [7, 11) is 1.53. The fraction of sp³-hybridized carbons (Fsp3) is 0.538. The Morgan fingerprint density at radius 2 is 1.95 bits per heavy atom. The molecule has 0 aliphatic rings. The summed E-state index contributed by atoms with van der Waals surface area (Å²) in [5.74, 6) is 0.376. The van der Waals surface area contributed by atoms with E-state index in [9.17, 15) is 13.2 Å². The van der Waals surface area contributed by atoms with Gasteiger partial charge in [-0.15, -0.1) is 24.0 Å². The van der Waals surface area contributed by atoms with Gasteiger partial charge in [-0.3, -0.25) is 9.98 Å². The standard InChI is InChI=1S/C13H19F3N4.HI/c1-10-9-18-6-3-11(10)4-7-19-12(17-2)20-8-5-13(14,15)16;/h3,6,9H,4-5,7-8H2,1-2H3,(H2,17,19,20);1H. The molecule has 0 amide bonds. The Morgan fingerprint density at radius 3 is 2.52 bits per heavy atom. The van der Waals surface area contributed by atoms with Crippen LogP contribution >= 0.6 is 24.0 Å². The van der Waals surface area contributed by atoms with Gasteiger partial charge < -0.3 is 10.6 Å². The van der Waals surface area contributed by atoms with Crippen LogP contribution in [0.3, 0.4) is 0 Å². The molecule has 1 aromatic heterocycles. The second-order valence-corrected chi connectivity index (χ2v) is 4.34. The molecule has 2 N–H and O–H groups in total. The maximum Gasteiger partial charge on any atom is 0.390 e. The Balaban J connectivity index is 0.00000400. The predicted molar refractivity (Wildman–Crippen MR) is 88.1 cm³/mol. The van der Waals surface area contributed by atoms with Gasteiger partial charge >= 0.3 is 6.18 Å². The van der Waals surface area contributed by atoms with E-state index >= 15 is 0 Å². The van der Waals surface area contributed by atoms with Gasteiger partial charge in [0, 0.05) is 32.5 Å². The van der Waals surface area contributed by atoms with Crippen molar-refractivity contribution < 1.29 is 13.2 Å². The second kappa shape index (κ2) is 9.80. The first-order valence-electron chi connectivity index (χ1n) is 6.33. The lowest BCUT2D eigenvalue weighted by atomic mass is 10.1. The van der Waals surface area contributed by atoms with Crippen LogP contribution in [-0.2, 0) is 6.42 Å². The number of aryl methyl sites for hydroxylation is 1. The molecule has 0 spiro atoms. The number of alkyl halides is 3. The number of hydrogen-bond acceptors (Lipinski definition) is 2. The van der Waals surface area contributed by atoms with Crippen LogP contribution in [-0.4, -0.2) is 37.3 Å². The van der Waals surface area contributed by atoms with Crippen LogP contribution in [0.4, 0.5) is 13.2 Å². The Morgan fingerprint density at radius 1 is 1.29 bits per heavy atom. The summed E-state index contributed by atoms with van der Waals surface area (Å²) >= 11 is 0. The van der Waals surface area contributed by atoms with Gasteiger partial charge in [0.2, 0.25) is 0 Å². The van der Waals surface area contributed by atoms with Crippen LogP contribution in [0.2, 0.25) is 0 Å². The molecule has 0 aliphatic carbocycles. The zero-order valence-corrected chi connectivity index (χ0v) is 14.3. The van der Waals surface area contributed by atoms with Gasteiger partial charge in [0.1, 0.15) is 0 Å². The molecule has 1 rings (SSSR count). The van der Waals surface area contributed by atoms with Crippen molar-refractivity contribution in [2.24, 2.45) is 4.99 Å². The lowest BCUT2D eigenvalue weighted by Gasteiger charge is -2.13. The van der Waals surface area contributed by atoms with Gasteiger partial charge in [-0.1, -0.05) is 0 Å². The van der Waals surface area contributed by atoms with Crippen molar-refractivity contribution >= 4 is 29.9 Å². The van der Waals surface area contributed by atoms with Crippen molar-refractivity contribution in [2.45, 2.75) is 25.9 Å². The third-order valence-electron chi connectivity index (χ3n) is 2.75. The van der Waals surface area contributed by atoms with Gasteiger partial charge in [-0.2, -0.15) is 13.2 Å².